The van der Waals surface area contributed by atoms with Gasteiger partial charge in [-0.2, -0.15) is 0 Å². The molecule has 0 saturated heterocycles. The molecule has 0 radical (unpaired) electrons. The Kier molecular flexibility index (Phi) is 2.69. The van der Waals surface area contributed by atoms with Gasteiger partial charge in [0.2, 0.25) is 0 Å². The van der Waals surface area contributed by atoms with E-state index in [2.05, 4.69) is 10.2 Å². The number of aromatic amines is 1. The van der Waals surface area contributed by atoms with Crippen LogP contribution in [0.5, 0.6) is 0 Å². The summed E-state index contributed by atoms with van der Waals surface area (Å²) in [7, 11) is 1.60. The quantitative estimate of drug-likeness (QED) is 0.810. The van der Waals surface area contributed by atoms with Crippen LogP contribution < -0.4 is 5.69 Å². The van der Waals surface area contributed by atoms with E-state index in [1.165, 1.54) is 23.3 Å². The van der Waals surface area contributed by atoms with Crippen molar-refractivity contribution in [2.45, 2.75) is 17.2 Å². The van der Waals surface area contributed by atoms with Crippen LogP contribution in [0.15, 0.2) is 31.6 Å². The molecule has 0 amide bonds. The van der Waals surface area contributed by atoms with Gasteiger partial charge in [-0.1, -0.05) is 0 Å². The molecule has 0 fully saturated rings. The Hall–Kier alpha value is -1.76. The third-order valence-corrected chi connectivity index (χ3v) is 2.93. The van der Waals surface area contributed by atoms with Gasteiger partial charge in [-0.15, -0.1) is 5.10 Å². The van der Waals surface area contributed by atoms with E-state index >= 15 is 0 Å². The normalized spacial score (nSPS) is 10.6. The average molecular weight is 239 g/mol. The number of hydrogen-bond acceptors (Lipinski definition) is 5. The van der Waals surface area contributed by atoms with Gasteiger partial charge < -0.3 is 4.42 Å². The number of carbonyl (C=O) groups excluding carboxylic acids is 1. The summed E-state index contributed by atoms with van der Waals surface area (Å²) in [6.45, 7) is 1.43. The molecule has 0 aliphatic heterocycles. The molecule has 2 heterocycles. The fourth-order valence-corrected chi connectivity index (χ4v) is 1.84. The predicted octanol–water partition coefficient (Wildman–Crippen LogP) is 1.06. The molecule has 0 atom stereocenters. The van der Waals surface area contributed by atoms with Gasteiger partial charge in [-0.05, 0) is 23.9 Å². The van der Waals surface area contributed by atoms with Crippen LogP contribution in [0, 0.1) is 0 Å². The number of ketones is 1. The molecule has 0 aliphatic carbocycles. The minimum Gasteiger partial charge on any atom is -0.446 e. The third-order valence-electron chi connectivity index (χ3n) is 1.96. The second kappa shape index (κ2) is 4.01. The Labute approximate surface area is 94.7 Å². The highest BCUT2D eigenvalue weighted by atomic mass is 32.2. The van der Waals surface area contributed by atoms with Gasteiger partial charge in [0.05, 0.1) is 0 Å². The average Bonchev–Trinajstić information content (AvgIpc) is 2.81. The minimum absolute atomic E-state index is 0.136. The van der Waals surface area contributed by atoms with Crippen LogP contribution in [0.3, 0.4) is 0 Å². The van der Waals surface area contributed by atoms with E-state index in [9.17, 15) is 9.59 Å². The molecule has 0 unspecified atom stereocenters. The summed E-state index contributed by atoms with van der Waals surface area (Å²) in [5, 5.41) is 7.12. The van der Waals surface area contributed by atoms with Gasteiger partial charge in [0.25, 0.3) is 0 Å². The van der Waals surface area contributed by atoms with Gasteiger partial charge in [0, 0.05) is 14.0 Å². The van der Waals surface area contributed by atoms with Crippen LogP contribution in [0.1, 0.15) is 17.5 Å². The van der Waals surface area contributed by atoms with Crippen molar-refractivity contribution in [1.29, 1.82) is 0 Å². The topological polar surface area (TPSA) is 80.9 Å². The molecule has 2 rings (SSSR count). The van der Waals surface area contributed by atoms with Crippen LogP contribution in [0.4, 0.5) is 0 Å². The Bertz CT molecular complexity index is 581. The van der Waals surface area contributed by atoms with E-state index in [4.69, 9.17) is 4.42 Å². The lowest BCUT2D eigenvalue weighted by Crippen LogP contribution is -2.12. The smallest absolute Gasteiger partial charge is 0.343 e. The number of hydrogen-bond donors (Lipinski definition) is 1. The number of furan rings is 1. The molecule has 84 valence electrons. The SMILES string of the molecule is CC(=O)c1ccc(Sc2n[nH]c(=O)n2C)o1. The van der Waals surface area contributed by atoms with Gasteiger partial charge in [0.15, 0.2) is 21.8 Å². The fraction of sp³-hybridized carbons (Fsp3) is 0.222. The number of nitrogens with zero attached hydrogens (tertiary/aromatic N) is 2. The lowest BCUT2D eigenvalue weighted by molar-refractivity contribution is 0.0982. The third kappa shape index (κ3) is 1.94. The van der Waals surface area contributed by atoms with Gasteiger partial charge in [-0.3, -0.25) is 9.36 Å². The Morgan fingerprint density at radius 3 is 2.81 bits per heavy atom. The second-order valence-corrected chi connectivity index (χ2v) is 4.12. The van der Waals surface area contributed by atoms with Crippen LogP contribution in [-0.2, 0) is 7.05 Å². The van der Waals surface area contributed by atoms with E-state index in [0.717, 1.165) is 0 Å². The molecule has 6 nitrogen and oxygen atoms in total. The Balaban J connectivity index is 2.24. The molecule has 0 spiro atoms. The second-order valence-electron chi connectivity index (χ2n) is 3.15. The van der Waals surface area contributed by atoms with E-state index in [1.807, 2.05) is 0 Å². The molecule has 16 heavy (non-hydrogen) atoms. The van der Waals surface area contributed by atoms with Crippen molar-refractivity contribution in [2.24, 2.45) is 7.05 Å². The highest BCUT2D eigenvalue weighted by Crippen LogP contribution is 2.26. The molecule has 2 aromatic heterocycles. The zero-order valence-corrected chi connectivity index (χ0v) is 9.50. The van der Waals surface area contributed by atoms with Crippen molar-refractivity contribution in [3.8, 4) is 0 Å². The number of nitrogens with one attached hydrogen (secondary N) is 1. The molecule has 0 aliphatic rings. The molecule has 0 aromatic carbocycles. The zero-order valence-electron chi connectivity index (χ0n) is 8.68. The first-order valence-corrected chi connectivity index (χ1v) is 5.29. The van der Waals surface area contributed by atoms with E-state index in [-0.39, 0.29) is 11.5 Å². The summed E-state index contributed by atoms with van der Waals surface area (Å²) in [5.74, 6) is 0.158. The van der Waals surface area contributed by atoms with Crippen molar-refractivity contribution in [1.82, 2.24) is 14.8 Å². The lowest BCUT2D eigenvalue weighted by Gasteiger charge is -1.94. The molecule has 7 heteroatoms. The Morgan fingerprint density at radius 1 is 1.56 bits per heavy atom. The van der Waals surface area contributed by atoms with Gasteiger partial charge in [0.1, 0.15) is 0 Å². The van der Waals surface area contributed by atoms with E-state index < -0.39 is 0 Å². The largest absolute Gasteiger partial charge is 0.446 e. The zero-order chi connectivity index (χ0) is 11.7. The summed E-state index contributed by atoms with van der Waals surface area (Å²) >= 11 is 1.17. The van der Waals surface area contributed by atoms with Gasteiger partial charge >= 0.3 is 5.69 Å². The molecule has 0 saturated carbocycles. The molecule has 2 aromatic rings. The standard InChI is InChI=1S/C9H9N3O3S/c1-5(13)6-3-4-7(15-6)16-9-11-10-8(14)12(9)2/h3-4H,1-2H3,(H,10,14). The summed E-state index contributed by atoms with van der Waals surface area (Å²) < 4.78 is 6.62. The first-order chi connectivity index (χ1) is 7.58. The van der Waals surface area contributed by atoms with Crippen molar-refractivity contribution >= 4 is 17.5 Å². The van der Waals surface area contributed by atoms with E-state index in [1.54, 1.807) is 19.2 Å². The molecule has 1 N–H and O–H groups in total. The Morgan fingerprint density at radius 2 is 2.31 bits per heavy atom. The molecule has 0 bridgehead atoms. The maximum atomic E-state index is 11.1. The number of aromatic nitrogens is 3. The number of Topliss-reactive ketones (excluding diaryl/α,β-unsaturated/α-hetero) is 1. The lowest BCUT2D eigenvalue weighted by atomic mass is 10.3. The number of rotatable bonds is 3. The highest BCUT2D eigenvalue weighted by molar-refractivity contribution is 7.99. The van der Waals surface area contributed by atoms with Crippen molar-refractivity contribution < 1.29 is 9.21 Å². The number of H-pyrrole nitrogens is 1. The summed E-state index contributed by atoms with van der Waals surface area (Å²) in [6, 6.07) is 3.26. The van der Waals surface area contributed by atoms with Crippen molar-refractivity contribution in [3.63, 3.8) is 0 Å². The first kappa shape index (κ1) is 10.7. The summed E-state index contributed by atoms with van der Waals surface area (Å²) in [6.07, 6.45) is 0. The van der Waals surface area contributed by atoms with Gasteiger partial charge in [-0.25, -0.2) is 9.89 Å². The predicted molar refractivity (Wildman–Crippen MR) is 56.7 cm³/mol. The first-order valence-electron chi connectivity index (χ1n) is 4.48. The molecular weight excluding hydrogens is 230 g/mol. The van der Waals surface area contributed by atoms with Crippen LogP contribution in [0.2, 0.25) is 0 Å². The van der Waals surface area contributed by atoms with Crippen LogP contribution in [-0.4, -0.2) is 20.5 Å². The van der Waals surface area contributed by atoms with Crippen molar-refractivity contribution in [2.75, 3.05) is 0 Å². The fourth-order valence-electron chi connectivity index (χ4n) is 1.08. The minimum atomic E-state index is -0.291. The van der Waals surface area contributed by atoms with Crippen LogP contribution in [0.25, 0.3) is 0 Å². The molecular formula is C9H9N3O3S. The summed E-state index contributed by atoms with van der Waals surface area (Å²) in [5.41, 5.74) is -0.291. The van der Waals surface area contributed by atoms with Crippen LogP contribution >= 0.6 is 11.8 Å². The monoisotopic (exact) mass is 239 g/mol. The number of carbonyl (C=O) groups is 1. The maximum Gasteiger partial charge on any atom is 0.343 e. The van der Waals surface area contributed by atoms with E-state index in [0.29, 0.717) is 16.0 Å². The van der Waals surface area contributed by atoms with Crippen molar-refractivity contribution in [3.05, 3.63) is 28.4 Å². The summed E-state index contributed by atoms with van der Waals surface area (Å²) in [4.78, 5) is 22.1. The maximum absolute atomic E-state index is 11.1. The highest BCUT2D eigenvalue weighted by Gasteiger charge is 2.11.